The number of carbonyl (C=O) groups excluding carboxylic acids is 5. The lowest BCUT2D eigenvalue weighted by molar-refractivity contribution is -0.144. The first-order valence-corrected chi connectivity index (χ1v) is 4.93. The van der Waals surface area contributed by atoms with E-state index in [0.717, 1.165) is 0 Å². The predicted molar refractivity (Wildman–Crippen MR) is 54.9 cm³/mol. The SMILES string of the molecule is CC(=O)CCC(=O)C(=O)C(=O)CCC(C)=O. The Balaban J connectivity index is 4.12. The molecular weight excluding hydrogens is 212 g/mol. The molecule has 88 valence electrons. The summed E-state index contributed by atoms with van der Waals surface area (Å²) in [5, 5.41) is 0. The predicted octanol–water partition coefficient (Wildman–Crippen LogP) is 0.432. The minimum Gasteiger partial charge on any atom is -0.300 e. The summed E-state index contributed by atoms with van der Waals surface area (Å²) in [5.41, 5.74) is 0. The van der Waals surface area contributed by atoms with E-state index in [1.165, 1.54) is 13.8 Å². The van der Waals surface area contributed by atoms with E-state index in [9.17, 15) is 24.0 Å². The fourth-order valence-corrected chi connectivity index (χ4v) is 0.962. The summed E-state index contributed by atoms with van der Waals surface area (Å²) in [4.78, 5) is 54.5. The Morgan fingerprint density at radius 3 is 1.19 bits per heavy atom. The van der Waals surface area contributed by atoms with Crippen LogP contribution in [-0.4, -0.2) is 28.9 Å². The van der Waals surface area contributed by atoms with Gasteiger partial charge in [0, 0.05) is 25.7 Å². The molecule has 0 aliphatic heterocycles. The van der Waals surface area contributed by atoms with Crippen molar-refractivity contribution in [2.45, 2.75) is 39.5 Å². The monoisotopic (exact) mass is 226 g/mol. The van der Waals surface area contributed by atoms with Crippen molar-refractivity contribution in [3.63, 3.8) is 0 Å². The van der Waals surface area contributed by atoms with Crippen LogP contribution in [0.15, 0.2) is 0 Å². The highest BCUT2D eigenvalue weighted by Gasteiger charge is 2.22. The minimum atomic E-state index is -1.11. The molecule has 0 spiro atoms. The van der Waals surface area contributed by atoms with E-state index in [1.807, 2.05) is 0 Å². The van der Waals surface area contributed by atoms with Gasteiger partial charge in [0.1, 0.15) is 11.6 Å². The second kappa shape index (κ2) is 6.76. The molecule has 0 bridgehead atoms. The quantitative estimate of drug-likeness (QED) is 0.442. The largest absolute Gasteiger partial charge is 0.300 e. The lowest BCUT2D eigenvalue weighted by Gasteiger charge is -1.97. The lowest BCUT2D eigenvalue weighted by atomic mass is 10.0. The van der Waals surface area contributed by atoms with E-state index >= 15 is 0 Å². The number of Topliss-reactive ketones (excluding diaryl/α,β-unsaturated/α-hetero) is 5. The Morgan fingerprint density at radius 1 is 0.625 bits per heavy atom. The molecule has 0 N–H and O–H groups in total. The van der Waals surface area contributed by atoms with Gasteiger partial charge in [-0.1, -0.05) is 0 Å². The van der Waals surface area contributed by atoms with Gasteiger partial charge in [0.05, 0.1) is 0 Å². The standard InChI is InChI=1S/C11H14O5/c1-7(12)3-5-9(14)11(16)10(15)6-4-8(2)13/h3-6H2,1-2H3. The van der Waals surface area contributed by atoms with Crippen molar-refractivity contribution < 1.29 is 24.0 Å². The maximum absolute atomic E-state index is 11.1. The summed E-state index contributed by atoms with van der Waals surface area (Å²) in [6.45, 7) is 2.60. The van der Waals surface area contributed by atoms with Crippen LogP contribution in [0.3, 0.4) is 0 Å². The molecule has 0 atom stereocenters. The van der Waals surface area contributed by atoms with Crippen LogP contribution in [0.1, 0.15) is 39.5 Å². The minimum absolute atomic E-state index is 0.0371. The summed E-state index contributed by atoms with van der Waals surface area (Å²) in [5.74, 6) is -3.25. The zero-order valence-corrected chi connectivity index (χ0v) is 9.37. The van der Waals surface area contributed by atoms with Gasteiger partial charge in [0.25, 0.3) is 5.78 Å². The third-order valence-corrected chi connectivity index (χ3v) is 1.91. The van der Waals surface area contributed by atoms with E-state index in [1.54, 1.807) is 0 Å². The molecule has 5 nitrogen and oxygen atoms in total. The van der Waals surface area contributed by atoms with Crippen molar-refractivity contribution in [2.24, 2.45) is 0 Å². The van der Waals surface area contributed by atoms with Gasteiger partial charge in [-0.25, -0.2) is 0 Å². The van der Waals surface area contributed by atoms with Crippen LogP contribution >= 0.6 is 0 Å². The van der Waals surface area contributed by atoms with Gasteiger partial charge in [0.15, 0.2) is 0 Å². The summed E-state index contributed by atoms with van der Waals surface area (Å²) in [6.07, 6.45) is -0.547. The van der Waals surface area contributed by atoms with Gasteiger partial charge in [-0.15, -0.1) is 0 Å². The highest BCUT2D eigenvalue weighted by atomic mass is 16.2. The van der Waals surface area contributed by atoms with Crippen LogP contribution in [-0.2, 0) is 24.0 Å². The van der Waals surface area contributed by atoms with Crippen molar-refractivity contribution in [3.8, 4) is 0 Å². The Labute approximate surface area is 93.2 Å². The fraction of sp³-hybridized carbons (Fsp3) is 0.545. The molecule has 0 aromatic heterocycles. The maximum atomic E-state index is 11.1. The van der Waals surface area contributed by atoms with Crippen LogP contribution in [0.5, 0.6) is 0 Å². The summed E-state index contributed by atoms with van der Waals surface area (Å²) >= 11 is 0. The molecule has 0 aromatic carbocycles. The topological polar surface area (TPSA) is 85.3 Å². The van der Waals surface area contributed by atoms with Crippen LogP contribution in [0.25, 0.3) is 0 Å². The second-order valence-electron chi connectivity index (χ2n) is 3.58. The van der Waals surface area contributed by atoms with Gasteiger partial charge in [-0.05, 0) is 13.8 Å². The van der Waals surface area contributed by atoms with Crippen molar-refractivity contribution in [3.05, 3.63) is 0 Å². The van der Waals surface area contributed by atoms with Gasteiger partial charge >= 0.3 is 0 Å². The van der Waals surface area contributed by atoms with Crippen LogP contribution in [0.4, 0.5) is 0 Å². The number of hydrogen-bond acceptors (Lipinski definition) is 5. The van der Waals surface area contributed by atoms with Gasteiger partial charge < -0.3 is 9.59 Å². The molecule has 0 fully saturated rings. The number of carbonyl (C=O) groups is 5. The second-order valence-corrected chi connectivity index (χ2v) is 3.58. The Hall–Kier alpha value is -1.65. The molecule has 0 rings (SSSR count). The van der Waals surface area contributed by atoms with E-state index < -0.39 is 17.3 Å². The van der Waals surface area contributed by atoms with Crippen molar-refractivity contribution in [1.29, 1.82) is 0 Å². The summed E-state index contributed by atoms with van der Waals surface area (Å²) < 4.78 is 0. The average Bonchev–Trinajstić information content (AvgIpc) is 2.21. The Bertz CT molecular complexity index is 308. The van der Waals surface area contributed by atoms with E-state index in [4.69, 9.17) is 0 Å². The molecule has 0 saturated heterocycles. The van der Waals surface area contributed by atoms with Crippen LogP contribution in [0.2, 0.25) is 0 Å². The highest BCUT2D eigenvalue weighted by molar-refractivity contribution is 6.64. The van der Waals surface area contributed by atoms with Crippen molar-refractivity contribution >= 4 is 28.9 Å². The first-order chi connectivity index (χ1) is 7.34. The normalized spacial score (nSPS) is 9.62. The van der Waals surface area contributed by atoms with Gasteiger partial charge in [-0.3, -0.25) is 14.4 Å². The summed E-state index contributed by atoms with van der Waals surface area (Å²) in [7, 11) is 0. The Morgan fingerprint density at radius 2 is 0.938 bits per heavy atom. The molecule has 0 aliphatic carbocycles. The average molecular weight is 226 g/mol. The van der Waals surface area contributed by atoms with E-state index in [2.05, 4.69) is 0 Å². The van der Waals surface area contributed by atoms with Crippen LogP contribution < -0.4 is 0 Å². The Kier molecular flexibility index (Phi) is 6.07. The van der Waals surface area contributed by atoms with E-state index in [-0.39, 0.29) is 37.2 Å². The smallest absolute Gasteiger partial charge is 0.264 e. The maximum Gasteiger partial charge on any atom is 0.264 e. The van der Waals surface area contributed by atoms with Crippen LogP contribution in [0, 0.1) is 0 Å². The third-order valence-electron chi connectivity index (χ3n) is 1.91. The number of hydrogen-bond donors (Lipinski definition) is 0. The zero-order chi connectivity index (χ0) is 12.7. The first kappa shape index (κ1) is 14.3. The van der Waals surface area contributed by atoms with Gasteiger partial charge in [-0.2, -0.15) is 0 Å². The first-order valence-electron chi connectivity index (χ1n) is 4.93. The van der Waals surface area contributed by atoms with Crippen molar-refractivity contribution in [2.75, 3.05) is 0 Å². The fourth-order valence-electron chi connectivity index (χ4n) is 0.962. The zero-order valence-electron chi connectivity index (χ0n) is 9.37. The molecule has 0 amide bonds. The number of rotatable bonds is 8. The molecule has 0 heterocycles. The lowest BCUT2D eigenvalue weighted by Crippen LogP contribution is -2.24. The molecule has 16 heavy (non-hydrogen) atoms. The molecule has 5 heteroatoms. The molecule has 0 saturated carbocycles. The van der Waals surface area contributed by atoms with E-state index in [0.29, 0.717) is 0 Å². The highest BCUT2D eigenvalue weighted by Crippen LogP contribution is 1.99. The third kappa shape index (κ3) is 5.95. The molecule has 0 aliphatic rings. The molecule has 0 aromatic rings. The van der Waals surface area contributed by atoms with Gasteiger partial charge in [0.2, 0.25) is 11.6 Å². The molecule has 0 unspecified atom stereocenters. The van der Waals surface area contributed by atoms with Crippen molar-refractivity contribution in [1.82, 2.24) is 0 Å². The molecular formula is C11H14O5. The summed E-state index contributed by atoms with van der Waals surface area (Å²) in [6, 6.07) is 0. The molecule has 0 radical (unpaired) electrons. The number of ketones is 5.